The number of nitrogens with zero attached hydrogens (tertiary/aromatic N) is 1. The number of rotatable bonds is 5. The van der Waals surface area contributed by atoms with E-state index in [0.29, 0.717) is 36.0 Å². The first kappa shape index (κ1) is 19.1. The highest BCUT2D eigenvalue weighted by molar-refractivity contribution is 5.97. The molecule has 2 heterocycles. The number of anilines is 2. The number of nitrogens with one attached hydrogen (secondary N) is 1. The normalized spacial score (nSPS) is 16.2. The van der Waals surface area contributed by atoms with Gasteiger partial charge in [-0.3, -0.25) is 4.79 Å². The smallest absolute Gasteiger partial charge is 0.339 e. The molecule has 29 heavy (non-hydrogen) atoms. The van der Waals surface area contributed by atoms with Gasteiger partial charge in [0.1, 0.15) is 0 Å². The Bertz CT molecular complexity index is 893. The molecule has 1 fully saturated rings. The Labute approximate surface area is 168 Å². The van der Waals surface area contributed by atoms with Crippen molar-refractivity contribution in [2.24, 2.45) is 0 Å². The van der Waals surface area contributed by atoms with Crippen molar-refractivity contribution in [3.8, 4) is 11.5 Å². The Morgan fingerprint density at radius 2 is 1.76 bits per heavy atom. The van der Waals surface area contributed by atoms with E-state index in [-0.39, 0.29) is 6.79 Å². The summed E-state index contributed by atoms with van der Waals surface area (Å²) < 4.78 is 21.1. The van der Waals surface area contributed by atoms with E-state index >= 15 is 0 Å². The first-order valence-corrected chi connectivity index (χ1v) is 9.44. The summed E-state index contributed by atoms with van der Waals surface area (Å²) in [7, 11) is 0. The molecule has 152 valence electrons. The Balaban J connectivity index is 1.32. The fourth-order valence-electron chi connectivity index (χ4n) is 3.13. The van der Waals surface area contributed by atoms with Gasteiger partial charge in [-0.15, -0.1) is 0 Å². The van der Waals surface area contributed by atoms with Gasteiger partial charge in [-0.05, 0) is 49.4 Å². The predicted molar refractivity (Wildman–Crippen MR) is 106 cm³/mol. The molecule has 2 aliphatic heterocycles. The summed E-state index contributed by atoms with van der Waals surface area (Å²) in [5, 5.41) is 2.77. The molecule has 2 aliphatic rings. The summed E-state index contributed by atoms with van der Waals surface area (Å²) in [4.78, 5) is 26.9. The van der Waals surface area contributed by atoms with Crippen LogP contribution >= 0.6 is 0 Å². The monoisotopic (exact) mass is 398 g/mol. The van der Waals surface area contributed by atoms with Crippen molar-refractivity contribution in [2.45, 2.75) is 13.0 Å². The summed E-state index contributed by atoms with van der Waals surface area (Å²) in [5.41, 5.74) is 2.01. The molecule has 4 rings (SSSR count). The van der Waals surface area contributed by atoms with Gasteiger partial charge in [-0.25, -0.2) is 4.79 Å². The largest absolute Gasteiger partial charge is 0.454 e. The summed E-state index contributed by atoms with van der Waals surface area (Å²) in [6.45, 7) is 4.77. The Hall–Kier alpha value is -3.26. The third-order valence-electron chi connectivity index (χ3n) is 4.77. The SMILES string of the molecule is C[C@H](OC(=O)c1ccc2c(c1)OCO2)C(=O)Nc1ccc(N2CCOCC2)cc1. The number of esters is 1. The summed E-state index contributed by atoms with van der Waals surface area (Å²) in [6, 6.07) is 12.3. The van der Waals surface area contributed by atoms with Crippen LogP contribution in [0.15, 0.2) is 42.5 Å². The molecule has 8 heteroatoms. The lowest BCUT2D eigenvalue weighted by atomic mass is 10.2. The number of hydrogen-bond acceptors (Lipinski definition) is 7. The van der Waals surface area contributed by atoms with Crippen LogP contribution in [0.5, 0.6) is 11.5 Å². The first-order chi connectivity index (χ1) is 14.1. The van der Waals surface area contributed by atoms with Crippen LogP contribution in [0, 0.1) is 0 Å². The van der Waals surface area contributed by atoms with E-state index in [1.54, 1.807) is 18.2 Å². The molecule has 0 aromatic heterocycles. The fraction of sp³-hybridized carbons (Fsp3) is 0.333. The number of carbonyl (C=O) groups is 2. The maximum Gasteiger partial charge on any atom is 0.339 e. The first-order valence-electron chi connectivity index (χ1n) is 9.44. The number of hydrogen-bond donors (Lipinski definition) is 1. The molecule has 0 unspecified atom stereocenters. The van der Waals surface area contributed by atoms with Crippen LogP contribution < -0.4 is 19.7 Å². The van der Waals surface area contributed by atoms with Crippen LogP contribution in [-0.4, -0.2) is 51.1 Å². The number of morpholine rings is 1. The van der Waals surface area contributed by atoms with Gasteiger partial charge in [0.05, 0.1) is 18.8 Å². The van der Waals surface area contributed by atoms with Gasteiger partial charge in [0.25, 0.3) is 5.91 Å². The van der Waals surface area contributed by atoms with Crippen molar-refractivity contribution in [3.05, 3.63) is 48.0 Å². The average Bonchev–Trinajstić information content (AvgIpc) is 3.22. The Kier molecular flexibility index (Phi) is 5.53. The van der Waals surface area contributed by atoms with Crippen molar-refractivity contribution in [1.29, 1.82) is 0 Å². The second kappa shape index (κ2) is 8.40. The van der Waals surface area contributed by atoms with Gasteiger partial charge < -0.3 is 29.2 Å². The number of benzene rings is 2. The molecular formula is C21H22N2O6. The van der Waals surface area contributed by atoms with E-state index in [1.165, 1.54) is 6.92 Å². The van der Waals surface area contributed by atoms with E-state index in [2.05, 4.69) is 10.2 Å². The predicted octanol–water partition coefficient (Wildman–Crippen LogP) is 2.44. The average molecular weight is 398 g/mol. The van der Waals surface area contributed by atoms with Crippen molar-refractivity contribution in [1.82, 2.24) is 0 Å². The van der Waals surface area contributed by atoms with Crippen LogP contribution in [0.4, 0.5) is 11.4 Å². The number of fused-ring (bicyclic) bond motifs is 1. The van der Waals surface area contributed by atoms with E-state index < -0.39 is 18.0 Å². The van der Waals surface area contributed by atoms with Crippen LogP contribution in [0.3, 0.4) is 0 Å². The second-order valence-corrected chi connectivity index (χ2v) is 6.75. The van der Waals surface area contributed by atoms with Gasteiger partial charge in [-0.1, -0.05) is 0 Å². The molecule has 1 atom stereocenters. The van der Waals surface area contributed by atoms with E-state index in [1.807, 2.05) is 24.3 Å². The number of amides is 1. The third-order valence-corrected chi connectivity index (χ3v) is 4.77. The molecule has 1 N–H and O–H groups in total. The lowest BCUT2D eigenvalue weighted by Gasteiger charge is -2.28. The van der Waals surface area contributed by atoms with E-state index in [4.69, 9.17) is 18.9 Å². The zero-order valence-electron chi connectivity index (χ0n) is 16.1. The molecule has 1 amide bonds. The maximum absolute atomic E-state index is 12.4. The summed E-state index contributed by atoms with van der Waals surface area (Å²) in [6.07, 6.45) is -0.952. The highest BCUT2D eigenvalue weighted by atomic mass is 16.7. The molecule has 0 saturated carbocycles. The van der Waals surface area contributed by atoms with Gasteiger partial charge in [0.15, 0.2) is 17.6 Å². The minimum atomic E-state index is -0.952. The second-order valence-electron chi connectivity index (χ2n) is 6.75. The van der Waals surface area contributed by atoms with Crippen LogP contribution in [0.25, 0.3) is 0 Å². The summed E-state index contributed by atoms with van der Waals surface area (Å²) >= 11 is 0. The maximum atomic E-state index is 12.4. The van der Waals surface area contributed by atoms with Gasteiger partial charge in [0.2, 0.25) is 6.79 Å². The molecule has 8 nitrogen and oxygen atoms in total. The van der Waals surface area contributed by atoms with Crippen LogP contribution in [0.2, 0.25) is 0 Å². The highest BCUT2D eigenvalue weighted by Crippen LogP contribution is 2.32. The van der Waals surface area contributed by atoms with Gasteiger partial charge in [-0.2, -0.15) is 0 Å². The lowest BCUT2D eigenvalue weighted by Crippen LogP contribution is -2.36. The summed E-state index contributed by atoms with van der Waals surface area (Å²) in [5.74, 6) is 0.0524. The standard InChI is InChI=1S/C21H22N2O6/c1-14(29-21(25)15-2-7-18-19(12-15)28-13-27-18)20(24)22-16-3-5-17(6-4-16)23-8-10-26-11-9-23/h2-7,12,14H,8-11,13H2,1H3,(H,22,24)/t14-/m0/s1. The molecular weight excluding hydrogens is 376 g/mol. The molecule has 0 spiro atoms. The minimum absolute atomic E-state index is 0.122. The van der Waals surface area contributed by atoms with Crippen molar-refractivity contribution >= 4 is 23.3 Å². The van der Waals surface area contributed by atoms with Crippen molar-refractivity contribution in [3.63, 3.8) is 0 Å². The van der Waals surface area contributed by atoms with Crippen LogP contribution in [-0.2, 0) is 14.3 Å². The zero-order valence-corrected chi connectivity index (χ0v) is 16.1. The van der Waals surface area contributed by atoms with E-state index in [9.17, 15) is 9.59 Å². The van der Waals surface area contributed by atoms with Crippen molar-refractivity contribution < 1.29 is 28.5 Å². The lowest BCUT2D eigenvalue weighted by molar-refractivity contribution is -0.123. The topological polar surface area (TPSA) is 86.3 Å². The van der Waals surface area contributed by atoms with Gasteiger partial charge >= 0.3 is 5.97 Å². The quantitative estimate of drug-likeness (QED) is 0.774. The minimum Gasteiger partial charge on any atom is -0.454 e. The molecule has 2 aromatic rings. The molecule has 0 aliphatic carbocycles. The molecule has 0 bridgehead atoms. The Morgan fingerprint density at radius 3 is 2.52 bits per heavy atom. The number of carbonyl (C=O) groups excluding carboxylic acids is 2. The zero-order chi connectivity index (χ0) is 20.2. The molecule has 2 aromatic carbocycles. The van der Waals surface area contributed by atoms with Gasteiger partial charge in [0, 0.05) is 24.5 Å². The van der Waals surface area contributed by atoms with Crippen molar-refractivity contribution in [2.75, 3.05) is 43.3 Å². The molecule has 0 radical (unpaired) electrons. The molecule has 1 saturated heterocycles. The number of ether oxygens (including phenoxy) is 4. The highest BCUT2D eigenvalue weighted by Gasteiger charge is 2.22. The Morgan fingerprint density at radius 1 is 1.03 bits per heavy atom. The van der Waals surface area contributed by atoms with Crippen LogP contribution in [0.1, 0.15) is 17.3 Å². The fourth-order valence-corrected chi connectivity index (χ4v) is 3.13. The third kappa shape index (κ3) is 4.43. The van der Waals surface area contributed by atoms with E-state index in [0.717, 1.165) is 18.8 Å².